The summed E-state index contributed by atoms with van der Waals surface area (Å²) < 4.78 is 5.11. The van der Waals surface area contributed by atoms with Crippen LogP contribution in [0.4, 0.5) is 0 Å². The molecule has 0 radical (unpaired) electrons. The molecule has 17 heavy (non-hydrogen) atoms. The topological polar surface area (TPSA) is 26.3 Å². The van der Waals surface area contributed by atoms with Gasteiger partial charge in [-0.25, -0.2) is 0 Å². The van der Waals surface area contributed by atoms with Gasteiger partial charge < -0.3 is 4.74 Å². The maximum Gasteiger partial charge on any atom is 0.316 e. The van der Waals surface area contributed by atoms with Gasteiger partial charge in [0.15, 0.2) is 0 Å². The van der Waals surface area contributed by atoms with Gasteiger partial charge in [0, 0.05) is 5.41 Å². The van der Waals surface area contributed by atoms with Crippen LogP contribution in [0.3, 0.4) is 0 Å². The van der Waals surface area contributed by atoms with E-state index >= 15 is 0 Å². The number of rotatable bonds is 5. The molecule has 0 unspecified atom stereocenters. The standard InChI is InChI=1S/C14H17BrO2/c1-14(2,11-17-13(16)10-15)9-8-12-6-4-3-5-7-12/h3-9H,10-11H2,1-2H3/b9-8-. The normalized spacial score (nSPS) is 11.7. The zero-order valence-corrected chi connectivity index (χ0v) is 11.7. The molecule has 3 heteroatoms. The summed E-state index contributed by atoms with van der Waals surface area (Å²) in [4.78, 5) is 11.0. The van der Waals surface area contributed by atoms with Crippen LogP contribution in [0.2, 0.25) is 0 Å². The average Bonchev–Trinajstić information content (AvgIpc) is 2.35. The monoisotopic (exact) mass is 296 g/mol. The van der Waals surface area contributed by atoms with Crippen molar-refractivity contribution in [1.29, 1.82) is 0 Å². The van der Waals surface area contributed by atoms with Crippen LogP contribution in [0.1, 0.15) is 19.4 Å². The Labute approximate surface area is 111 Å². The average molecular weight is 297 g/mol. The molecule has 0 fully saturated rings. The largest absolute Gasteiger partial charge is 0.464 e. The van der Waals surface area contributed by atoms with E-state index in [2.05, 4.69) is 22.0 Å². The van der Waals surface area contributed by atoms with E-state index in [9.17, 15) is 4.79 Å². The van der Waals surface area contributed by atoms with Crippen LogP contribution in [0.25, 0.3) is 6.08 Å². The Balaban J connectivity index is 2.54. The molecule has 0 atom stereocenters. The Morgan fingerprint density at radius 3 is 2.59 bits per heavy atom. The molecule has 0 amide bonds. The first-order valence-electron chi connectivity index (χ1n) is 5.49. The smallest absolute Gasteiger partial charge is 0.316 e. The van der Waals surface area contributed by atoms with Gasteiger partial charge in [-0.1, -0.05) is 72.3 Å². The maximum absolute atomic E-state index is 11.0. The summed E-state index contributed by atoms with van der Waals surface area (Å²) in [5, 5.41) is 0.242. The Morgan fingerprint density at radius 2 is 2.00 bits per heavy atom. The number of alkyl halides is 1. The van der Waals surface area contributed by atoms with E-state index in [4.69, 9.17) is 4.74 Å². The molecule has 0 N–H and O–H groups in total. The predicted octanol–water partition coefficient (Wildman–Crippen LogP) is 3.66. The third kappa shape index (κ3) is 5.68. The lowest BCUT2D eigenvalue weighted by atomic mass is 9.93. The highest BCUT2D eigenvalue weighted by Gasteiger charge is 2.16. The van der Waals surface area contributed by atoms with Crippen LogP contribution in [-0.4, -0.2) is 17.9 Å². The summed E-state index contributed by atoms with van der Waals surface area (Å²) in [6, 6.07) is 10.1. The quantitative estimate of drug-likeness (QED) is 0.612. The second kappa shape index (κ2) is 6.60. The van der Waals surface area contributed by atoms with Gasteiger partial charge in [0.25, 0.3) is 0 Å². The maximum atomic E-state index is 11.0. The van der Waals surface area contributed by atoms with Gasteiger partial charge in [0.2, 0.25) is 0 Å². The van der Waals surface area contributed by atoms with Crippen molar-refractivity contribution in [2.45, 2.75) is 13.8 Å². The Kier molecular flexibility index (Phi) is 5.42. The lowest BCUT2D eigenvalue weighted by molar-refractivity contribution is -0.142. The Morgan fingerprint density at radius 1 is 1.35 bits per heavy atom. The first-order chi connectivity index (χ1) is 8.03. The zero-order valence-electron chi connectivity index (χ0n) is 10.2. The highest BCUT2D eigenvalue weighted by atomic mass is 79.9. The second-order valence-electron chi connectivity index (χ2n) is 4.53. The van der Waals surface area contributed by atoms with Gasteiger partial charge >= 0.3 is 5.97 Å². The van der Waals surface area contributed by atoms with Crippen LogP contribution in [-0.2, 0) is 9.53 Å². The van der Waals surface area contributed by atoms with Crippen LogP contribution in [0, 0.1) is 5.41 Å². The van der Waals surface area contributed by atoms with E-state index in [-0.39, 0.29) is 16.7 Å². The third-order valence-electron chi connectivity index (χ3n) is 2.24. The number of esters is 1. The Bertz CT molecular complexity index is 382. The van der Waals surface area contributed by atoms with Crippen molar-refractivity contribution in [3.63, 3.8) is 0 Å². The summed E-state index contributed by atoms with van der Waals surface area (Å²) in [7, 11) is 0. The fraction of sp³-hybridized carbons (Fsp3) is 0.357. The zero-order chi connectivity index (χ0) is 12.7. The number of ether oxygens (including phenoxy) is 1. The molecule has 1 aromatic rings. The molecule has 1 aromatic carbocycles. The molecule has 0 aromatic heterocycles. The molecular weight excluding hydrogens is 280 g/mol. The molecule has 2 nitrogen and oxygen atoms in total. The molecule has 0 aliphatic rings. The molecule has 0 saturated carbocycles. The number of hydrogen-bond acceptors (Lipinski definition) is 2. The highest BCUT2D eigenvalue weighted by Crippen LogP contribution is 2.19. The molecular formula is C14H17BrO2. The first-order valence-corrected chi connectivity index (χ1v) is 6.61. The van der Waals surface area contributed by atoms with Gasteiger partial charge in [-0.15, -0.1) is 0 Å². The molecule has 0 heterocycles. The summed E-state index contributed by atoms with van der Waals surface area (Å²) in [5.41, 5.74) is 0.987. The number of hydrogen-bond donors (Lipinski definition) is 0. The SMILES string of the molecule is CC(C)(/C=C\c1ccccc1)COC(=O)CBr. The number of halogens is 1. The van der Waals surface area contributed by atoms with Gasteiger partial charge in [-0.3, -0.25) is 4.79 Å². The molecule has 92 valence electrons. The van der Waals surface area contributed by atoms with E-state index in [1.807, 2.05) is 50.3 Å². The second-order valence-corrected chi connectivity index (χ2v) is 5.09. The number of carbonyl (C=O) groups is 1. The molecule has 0 aliphatic heterocycles. The summed E-state index contributed by atoms with van der Waals surface area (Å²) in [6.45, 7) is 4.46. The van der Waals surface area contributed by atoms with Crippen molar-refractivity contribution < 1.29 is 9.53 Å². The first kappa shape index (κ1) is 14.0. The van der Waals surface area contributed by atoms with Crippen molar-refractivity contribution >= 4 is 28.0 Å². The van der Waals surface area contributed by atoms with Crippen LogP contribution >= 0.6 is 15.9 Å². The summed E-state index contributed by atoms with van der Waals surface area (Å²) in [6.07, 6.45) is 4.10. The van der Waals surface area contributed by atoms with Crippen molar-refractivity contribution in [2.75, 3.05) is 11.9 Å². The van der Waals surface area contributed by atoms with Gasteiger partial charge in [0.1, 0.15) is 5.33 Å². The molecule has 0 saturated heterocycles. The van der Waals surface area contributed by atoms with E-state index in [1.165, 1.54) is 0 Å². The highest BCUT2D eigenvalue weighted by molar-refractivity contribution is 9.09. The van der Waals surface area contributed by atoms with E-state index in [1.54, 1.807) is 0 Å². The summed E-state index contributed by atoms with van der Waals surface area (Å²) >= 11 is 3.07. The number of benzene rings is 1. The molecule has 1 rings (SSSR count). The minimum absolute atomic E-state index is 0.159. The predicted molar refractivity (Wildman–Crippen MR) is 74.0 cm³/mol. The Hall–Kier alpha value is -1.09. The van der Waals surface area contributed by atoms with Crippen LogP contribution in [0.15, 0.2) is 36.4 Å². The molecule has 0 spiro atoms. The minimum Gasteiger partial charge on any atom is -0.464 e. The van der Waals surface area contributed by atoms with Gasteiger partial charge in [-0.2, -0.15) is 0 Å². The lowest BCUT2D eigenvalue weighted by Gasteiger charge is -2.19. The molecule has 0 bridgehead atoms. The fourth-order valence-corrected chi connectivity index (χ4v) is 1.40. The molecule has 0 aliphatic carbocycles. The van der Waals surface area contributed by atoms with Gasteiger partial charge in [0.05, 0.1) is 6.61 Å². The summed E-state index contributed by atoms with van der Waals surface area (Å²) in [5.74, 6) is -0.230. The van der Waals surface area contributed by atoms with Crippen molar-refractivity contribution in [3.05, 3.63) is 42.0 Å². The van der Waals surface area contributed by atoms with Gasteiger partial charge in [-0.05, 0) is 5.56 Å². The van der Waals surface area contributed by atoms with Crippen LogP contribution < -0.4 is 0 Å². The van der Waals surface area contributed by atoms with Crippen LogP contribution in [0.5, 0.6) is 0 Å². The fourth-order valence-electron chi connectivity index (χ4n) is 1.24. The van der Waals surface area contributed by atoms with E-state index in [0.29, 0.717) is 6.61 Å². The lowest BCUT2D eigenvalue weighted by Crippen LogP contribution is -2.20. The van der Waals surface area contributed by atoms with E-state index in [0.717, 1.165) is 5.56 Å². The van der Waals surface area contributed by atoms with Crippen molar-refractivity contribution in [3.8, 4) is 0 Å². The minimum atomic E-state index is -0.230. The number of carbonyl (C=O) groups excluding carboxylic acids is 1. The van der Waals surface area contributed by atoms with Crippen molar-refractivity contribution in [1.82, 2.24) is 0 Å². The van der Waals surface area contributed by atoms with E-state index < -0.39 is 0 Å². The van der Waals surface area contributed by atoms with Crippen molar-refractivity contribution in [2.24, 2.45) is 5.41 Å². The third-order valence-corrected chi connectivity index (χ3v) is 2.70.